The smallest absolute Gasteiger partial charge is 0.317 e. The van der Waals surface area contributed by atoms with Crippen LogP contribution in [-0.2, 0) is 9.59 Å². The molecular formula is C14H25N3O4. The summed E-state index contributed by atoms with van der Waals surface area (Å²) in [5.41, 5.74) is 0. The van der Waals surface area contributed by atoms with Crippen molar-refractivity contribution in [2.45, 2.75) is 32.1 Å². The maximum absolute atomic E-state index is 11.8. The van der Waals surface area contributed by atoms with Crippen molar-refractivity contribution >= 4 is 17.9 Å². The van der Waals surface area contributed by atoms with Crippen molar-refractivity contribution in [3.8, 4) is 0 Å². The van der Waals surface area contributed by atoms with Gasteiger partial charge in [0.05, 0.1) is 5.92 Å². The highest BCUT2D eigenvalue weighted by atomic mass is 16.4. The van der Waals surface area contributed by atoms with E-state index in [2.05, 4.69) is 10.6 Å². The molecular weight excluding hydrogens is 274 g/mol. The summed E-state index contributed by atoms with van der Waals surface area (Å²) in [6.45, 7) is 0.937. The predicted molar refractivity (Wildman–Crippen MR) is 77.8 cm³/mol. The molecule has 0 aromatic carbocycles. The summed E-state index contributed by atoms with van der Waals surface area (Å²) in [5, 5.41) is 14.3. The Morgan fingerprint density at radius 2 is 1.81 bits per heavy atom. The molecule has 0 bridgehead atoms. The normalized spacial score (nSPS) is 21.4. The minimum Gasteiger partial charge on any atom is -0.481 e. The molecule has 1 aliphatic rings. The quantitative estimate of drug-likeness (QED) is 0.671. The van der Waals surface area contributed by atoms with Gasteiger partial charge in [-0.25, -0.2) is 4.79 Å². The number of nitrogens with one attached hydrogen (secondary N) is 2. The van der Waals surface area contributed by atoms with E-state index in [1.165, 1.54) is 4.90 Å². The zero-order chi connectivity index (χ0) is 15.8. The number of hydrogen-bond acceptors (Lipinski definition) is 3. The fourth-order valence-corrected chi connectivity index (χ4v) is 2.48. The van der Waals surface area contributed by atoms with Gasteiger partial charge in [-0.3, -0.25) is 9.59 Å². The minimum absolute atomic E-state index is 0.0957. The van der Waals surface area contributed by atoms with Crippen LogP contribution in [0.4, 0.5) is 4.79 Å². The van der Waals surface area contributed by atoms with Gasteiger partial charge in [0.1, 0.15) is 0 Å². The van der Waals surface area contributed by atoms with Gasteiger partial charge in [-0.2, -0.15) is 0 Å². The van der Waals surface area contributed by atoms with E-state index in [1.54, 1.807) is 14.1 Å². The van der Waals surface area contributed by atoms with E-state index in [-0.39, 0.29) is 24.3 Å². The van der Waals surface area contributed by atoms with Gasteiger partial charge in [-0.1, -0.05) is 0 Å². The molecule has 0 spiro atoms. The molecule has 7 heteroatoms. The molecule has 0 atom stereocenters. The Bertz CT molecular complexity index is 378. The average molecular weight is 299 g/mol. The summed E-state index contributed by atoms with van der Waals surface area (Å²) in [6, 6.07) is -0.195. The van der Waals surface area contributed by atoms with Gasteiger partial charge in [-0.05, 0) is 31.6 Å². The van der Waals surface area contributed by atoms with Gasteiger partial charge in [0, 0.05) is 33.6 Å². The molecule has 0 aromatic heterocycles. The monoisotopic (exact) mass is 299 g/mol. The Balaban J connectivity index is 2.21. The van der Waals surface area contributed by atoms with E-state index < -0.39 is 5.97 Å². The van der Waals surface area contributed by atoms with E-state index in [4.69, 9.17) is 5.11 Å². The first-order valence-electron chi connectivity index (χ1n) is 7.36. The zero-order valence-electron chi connectivity index (χ0n) is 12.7. The van der Waals surface area contributed by atoms with Crippen LogP contribution in [0.25, 0.3) is 0 Å². The number of urea groups is 1. The predicted octanol–water partition coefficient (Wildman–Crippen LogP) is 0.655. The van der Waals surface area contributed by atoms with E-state index in [9.17, 15) is 14.4 Å². The number of rotatable bonds is 6. The van der Waals surface area contributed by atoms with Crippen LogP contribution in [0.15, 0.2) is 0 Å². The van der Waals surface area contributed by atoms with Gasteiger partial charge in [-0.15, -0.1) is 0 Å². The molecule has 0 aromatic rings. The lowest BCUT2D eigenvalue weighted by Crippen LogP contribution is -2.41. The van der Waals surface area contributed by atoms with Crippen LogP contribution in [0.2, 0.25) is 0 Å². The first kappa shape index (κ1) is 17.3. The van der Waals surface area contributed by atoms with Crippen LogP contribution in [0.5, 0.6) is 0 Å². The Hall–Kier alpha value is -1.79. The van der Waals surface area contributed by atoms with Gasteiger partial charge in [0.15, 0.2) is 0 Å². The Morgan fingerprint density at radius 3 is 2.33 bits per heavy atom. The van der Waals surface area contributed by atoms with Crippen molar-refractivity contribution < 1.29 is 19.5 Å². The molecule has 1 rings (SSSR count). The third-order valence-corrected chi connectivity index (χ3v) is 4.04. The molecule has 7 nitrogen and oxygen atoms in total. The molecule has 1 saturated carbocycles. The highest BCUT2D eigenvalue weighted by Gasteiger charge is 2.26. The van der Waals surface area contributed by atoms with Crippen LogP contribution in [0.1, 0.15) is 32.1 Å². The first-order valence-corrected chi connectivity index (χ1v) is 7.36. The number of hydrogen-bond donors (Lipinski definition) is 3. The largest absolute Gasteiger partial charge is 0.481 e. The molecule has 0 saturated heterocycles. The minimum atomic E-state index is -0.716. The van der Waals surface area contributed by atoms with Crippen LogP contribution in [0, 0.1) is 11.8 Å². The second kappa shape index (κ2) is 8.49. The van der Waals surface area contributed by atoms with Crippen molar-refractivity contribution in [3.63, 3.8) is 0 Å². The molecule has 3 amide bonds. The number of amides is 3. The number of carboxylic acid groups (broad SMARTS) is 1. The van der Waals surface area contributed by atoms with Crippen molar-refractivity contribution in [1.82, 2.24) is 15.5 Å². The van der Waals surface area contributed by atoms with E-state index in [0.29, 0.717) is 31.8 Å². The van der Waals surface area contributed by atoms with Gasteiger partial charge < -0.3 is 20.6 Å². The molecule has 120 valence electrons. The van der Waals surface area contributed by atoms with Gasteiger partial charge >= 0.3 is 12.0 Å². The summed E-state index contributed by atoms with van der Waals surface area (Å²) in [4.78, 5) is 35.3. The number of carboxylic acids is 1. The fourth-order valence-electron chi connectivity index (χ4n) is 2.48. The van der Waals surface area contributed by atoms with Crippen LogP contribution < -0.4 is 10.6 Å². The third-order valence-electron chi connectivity index (χ3n) is 4.04. The average Bonchev–Trinajstić information content (AvgIpc) is 2.50. The summed E-state index contributed by atoms with van der Waals surface area (Å²) in [7, 11) is 3.22. The van der Waals surface area contributed by atoms with Crippen molar-refractivity contribution in [2.75, 3.05) is 27.2 Å². The topological polar surface area (TPSA) is 98.7 Å². The molecule has 1 fully saturated rings. The summed E-state index contributed by atoms with van der Waals surface area (Å²) >= 11 is 0. The number of aliphatic carboxylic acids is 1. The lowest BCUT2D eigenvalue weighted by molar-refractivity contribution is -0.143. The Labute approximate surface area is 125 Å². The third kappa shape index (κ3) is 6.01. The first-order chi connectivity index (χ1) is 9.93. The lowest BCUT2D eigenvalue weighted by Gasteiger charge is -2.27. The van der Waals surface area contributed by atoms with Crippen molar-refractivity contribution in [1.29, 1.82) is 0 Å². The van der Waals surface area contributed by atoms with Crippen molar-refractivity contribution in [2.24, 2.45) is 11.8 Å². The van der Waals surface area contributed by atoms with Crippen LogP contribution in [0.3, 0.4) is 0 Å². The summed E-state index contributed by atoms with van der Waals surface area (Å²) in [6.07, 6.45) is 3.31. The van der Waals surface area contributed by atoms with Gasteiger partial charge in [0.25, 0.3) is 0 Å². The second-order valence-electron chi connectivity index (χ2n) is 5.59. The van der Waals surface area contributed by atoms with E-state index >= 15 is 0 Å². The van der Waals surface area contributed by atoms with Gasteiger partial charge in [0.2, 0.25) is 5.91 Å². The summed E-state index contributed by atoms with van der Waals surface area (Å²) < 4.78 is 0. The molecule has 21 heavy (non-hydrogen) atoms. The Kier molecular flexibility index (Phi) is 6.98. The summed E-state index contributed by atoms with van der Waals surface area (Å²) in [5.74, 6) is -0.697. The van der Waals surface area contributed by atoms with Crippen LogP contribution >= 0.6 is 0 Å². The highest BCUT2D eigenvalue weighted by molar-refractivity contribution is 5.77. The second-order valence-corrected chi connectivity index (χ2v) is 5.59. The fraction of sp³-hybridized carbons (Fsp3) is 0.786. The maximum atomic E-state index is 11.8. The zero-order valence-corrected chi connectivity index (χ0v) is 12.7. The molecule has 0 heterocycles. The molecule has 1 aliphatic carbocycles. The van der Waals surface area contributed by atoms with Crippen molar-refractivity contribution in [3.05, 3.63) is 0 Å². The molecule has 0 unspecified atom stereocenters. The van der Waals surface area contributed by atoms with Crippen LogP contribution in [-0.4, -0.2) is 55.1 Å². The molecule has 3 N–H and O–H groups in total. The maximum Gasteiger partial charge on any atom is 0.317 e. The number of carbonyl (C=O) groups excluding carboxylic acids is 2. The molecule has 0 radical (unpaired) electrons. The Morgan fingerprint density at radius 1 is 1.19 bits per heavy atom. The standard InChI is InChI=1S/C14H25N3O4/c1-15-12(18)7-8-17(2)14(21)16-9-10-3-5-11(6-4-10)13(19)20/h10-11H,3-9H2,1-2H3,(H,15,18)(H,16,21)(H,19,20). The lowest BCUT2D eigenvalue weighted by atomic mass is 9.82. The molecule has 0 aliphatic heterocycles. The number of nitrogens with zero attached hydrogens (tertiary/aromatic N) is 1. The SMILES string of the molecule is CNC(=O)CCN(C)C(=O)NCC1CCC(C(=O)O)CC1. The van der Waals surface area contributed by atoms with E-state index in [0.717, 1.165) is 12.8 Å². The van der Waals surface area contributed by atoms with E-state index in [1.807, 2.05) is 0 Å². The number of carbonyl (C=O) groups is 3. The highest BCUT2D eigenvalue weighted by Crippen LogP contribution is 2.28.